The lowest BCUT2D eigenvalue weighted by molar-refractivity contribution is 0.172. The van der Waals surface area contributed by atoms with E-state index in [2.05, 4.69) is 15.4 Å². The Hall–Kier alpha value is -1.88. The minimum atomic E-state index is -0.671. The van der Waals surface area contributed by atoms with Crippen LogP contribution in [0.25, 0.3) is 0 Å². The first-order valence-electron chi connectivity index (χ1n) is 4.97. The van der Waals surface area contributed by atoms with Gasteiger partial charge in [-0.15, -0.1) is 0 Å². The Balaban J connectivity index is 2.14. The predicted molar refractivity (Wildman–Crippen MR) is 58.0 cm³/mol. The number of benzene rings is 1. The lowest BCUT2D eigenvalue weighted by Gasteiger charge is -2.10. The highest BCUT2D eigenvalue weighted by atomic mass is 16.5. The number of aliphatic hydroxyl groups is 1. The van der Waals surface area contributed by atoms with E-state index in [0.717, 1.165) is 11.3 Å². The first-order chi connectivity index (χ1) is 7.81. The molecule has 0 saturated heterocycles. The Morgan fingerprint density at radius 3 is 2.94 bits per heavy atom. The van der Waals surface area contributed by atoms with Crippen LogP contribution < -0.4 is 4.74 Å². The van der Waals surface area contributed by atoms with Crippen molar-refractivity contribution in [3.63, 3.8) is 0 Å². The van der Waals surface area contributed by atoms with Crippen molar-refractivity contribution in [2.45, 2.75) is 12.5 Å². The Morgan fingerprint density at radius 1 is 1.44 bits per heavy atom. The Bertz CT molecular complexity index is 442. The summed E-state index contributed by atoms with van der Waals surface area (Å²) in [6, 6.07) is 7.59. The van der Waals surface area contributed by atoms with Crippen molar-refractivity contribution in [1.29, 1.82) is 0 Å². The molecule has 16 heavy (non-hydrogen) atoms. The van der Waals surface area contributed by atoms with Gasteiger partial charge in [0.05, 0.1) is 13.3 Å². The third-order valence-electron chi connectivity index (χ3n) is 2.38. The monoisotopic (exact) mass is 219 g/mol. The van der Waals surface area contributed by atoms with Gasteiger partial charge in [0.2, 0.25) is 0 Å². The van der Waals surface area contributed by atoms with E-state index in [1.807, 2.05) is 24.3 Å². The van der Waals surface area contributed by atoms with Gasteiger partial charge >= 0.3 is 0 Å². The van der Waals surface area contributed by atoms with Crippen molar-refractivity contribution in [1.82, 2.24) is 15.4 Å². The van der Waals surface area contributed by atoms with Gasteiger partial charge < -0.3 is 9.84 Å². The zero-order valence-electron chi connectivity index (χ0n) is 8.92. The van der Waals surface area contributed by atoms with Gasteiger partial charge in [0.15, 0.2) is 0 Å². The average molecular weight is 219 g/mol. The van der Waals surface area contributed by atoms with Crippen LogP contribution >= 0.6 is 0 Å². The highest BCUT2D eigenvalue weighted by Crippen LogP contribution is 2.23. The van der Waals surface area contributed by atoms with Gasteiger partial charge in [0, 0.05) is 6.42 Å². The van der Waals surface area contributed by atoms with Crippen LogP contribution in [0.2, 0.25) is 0 Å². The number of aromatic amines is 1. The minimum absolute atomic E-state index is 0.455. The maximum atomic E-state index is 9.90. The predicted octanol–water partition coefficient (Wildman–Crippen LogP) is 1.09. The second-order valence-electron chi connectivity index (χ2n) is 3.43. The first-order valence-corrected chi connectivity index (χ1v) is 4.97. The summed E-state index contributed by atoms with van der Waals surface area (Å²) in [5.41, 5.74) is 1.48. The van der Waals surface area contributed by atoms with Crippen molar-refractivity contribution >= 4 is 0 Å². The van der Waals surface area contributed by atoms with Crippen LogP contribution in [-0.4, -0.2) is 27.6 Å². The zero-order chi connectivity index (χ0) is 11.4. The number of nitrogens with zero attached hydrogens (tertiary/aromatic N) is 2. The van der Waals surface area contributed by atoms with Crippen LogP contribution in [0, 0.1) is 0 Å². The number of methoxy groups -OCH3 is 1. The van der Waals surface area contributed by atoms with Crippen LogP contribution in [0.5, 0.6) is 5.75 Å². The molecule has 2 N–H and O–H groups in total. The number of rotatable bonds is 4. The standard InChI is InChI=1S/C11H13N3O2/c1-16-11-5-3-2-4-8(11)6-10(15)9-7-12-14-13-9/h2-5,7,10,15H,6H2,1H3,(H,12,13,14). The molecule has 0 saturated carbocycles. The Labute approximate surface area is 93.1 Å². The van der Waals surface area contributed by atoms with Crippen LogP contribution in [0.3, 0.4) is 0 Å². The van der Waals surface area contributed by atoms with E-state index in [0.29, 0.717) is 12.1 Å². The van der Waals surface area contributed by atoms with E-state index in [-0.39, 0.29) is 0 Å². The molecule has 0 aliphatic heterocycles. The van der Waals surface area contributed by atoms with Crippen LogP contribution in [0.15, 0.2) is 30.5 Å². The van der Waals surface area contributed by atoms with Crippen molar-refractivity contribution in [3.8, 4) is 5.75 Å². The highest BCUT2D eigenvalue weighted by molar-refractivity contribution is 5.34. The molecule has 1 atom stereocenters. The summed E-state index contributed by atoms with van der Waals surface area (Å²) in [5, 5.41) is 19.9. The number of ether oxygens (including phenoxy) is 1. The van der Waals surface area contributed by atoms with E-state index in [1.165, 1.54) is 6.20 Å². The van der Waals surface area contributed by atoms with E-state index in [9.17, 15) is 5.11 Å². The zero-order valence-corrected chi connectivity index (χ0v) is 8.92. The minimum Gasteiger partial charge on any atom is -0.496 e. The molecule has 1 aromatic heterocycles. The number of H-pyrrole nitrogens is 1. The fourth-order valence-electron chi connectivity index (χ4n) is 1.56. The second kappa shape index (κ2) is 4.76. The average Bonchev–Trinajstić information content (AvgIpc) is 2.83. The Kier molecular flexibility index (Phi) is 3.16. The summed E-state index contributed by atoms with van der Waals surface area (Å²) < 4.78 is 5.21. The number of hydrogen-bond acceptors (Lipinski definition) is 4. The first kappa shape index (κ1) is 10.6. The molecule has 0 amide bonds. The summed E-state index contributed by atoms with van der Waals surface area (Å²) >= 11 is 0. The summed E-state index contributed by atoms with van der Waals surface area (Å²) in [5.74, 6) is 0.769. The smallest absolute Gasteiger partial charge is 0.122 e. The summed E-state index contributed by atoms with van der Waals surface area (Å²) in [6.45, 7) is 0. The third kappa shape index (κ3) is 2.20. The second-order valence-corrected chi connectivity index (χ2v) is 3.43. The van der Waals surface area contributed by atoms with Gasteiger partial charge in [-0.1, -0.05) is 18.2 Å². The number of aliphatic hydroxyl groups excluding tert-OH is 1. The van der Waals surface area contributed by atoms with Gasteiger partial charge in [-0.2, -0.15) is 15.4 Å². The normalized spacial score (nSPS) is 12.4. The van der Waals surface area contributed by atoms with Crippen molar-refractivity contribution in [2.24, 2.45) is 0 Å². The van der Waals surface area contributed by atoms with Crippen LogP contribution in [0.1, 0.15) is 17.4 Å². The van der Waals surface area contributed by atoms with Crippen molar-refractivity contribution in [3.05, 3.63) is 41.7 Å². The van der Waals surface area contributed by atoms with Gasteiger partial charge in [-0.25, -0.2) is 0 Å². The molecule has 5 heteroatoms. The molecule has 0 spiro atoms. The van der Waals surface area contributed by atoms with E-state index < -0.39 is 6.10 Å². The maximum absolute atomic E-state index is 9.90. The van der Waals surface area contributed by atoms with Gasteiger partial charge in [0.1, 0.15) is 17.5 Å². The molecule has 0 aliphatic rings. The molecule has 2 aromatic rings. The molecular formula is C11H13N3O2. The number of hydrogen-bond donors (Lipinski definition) is 2. The molecule has 1 aromatic carbocycles. The number of aromatic nitrogens is 3. The van der Waals surface area contributed by atoms with Gasteiger partial charge in [0.25, 0.3) is 0 Å². The number of nitrogens with one attached hydrogen (secondary N) is 1. The molecule has 0 radical (unpaired) electrons. The van der Waals surface area contributed by atoms with Crippen molar-refractivity contribution in [2.75, 3.05) is 7.11 Å². The largest absolute Gasteiger partial charge is 0.496 e. The molecule has 2 rings (SSSR count). The maximum Gasteiger partial charge on any atom is 0.122 e. The fourth-order valence-corrected chi connectivity index (χ4v) is 1.56. The van der Waals surface area contributed by atoms with Crippen molar-refractivity contribution < 1.29 is 9.84 Å². The van der Waals surface area contributed by atoms with E-state index >= 15 is 0 Å². The van der Waals surface area contributed by atoms with Crippen LogP contribution in [0.4, 0.5) is 0 Å². The molecule has 0 aliphatic carbocycles. The topological polar surface area (TPSA) is 71.0 Å². The molecule has 5 nitrogen and oxygen atoms in total. The molecule has 1 heterocycles. The third-order valence-corrected chi connectivity index (χ3v) is 2.38. The lowest BCUT2D eigenvalue weighted by Crippen LogP contribution is -2.03. The molecule has 84 valence electrons. The molecule has 0 fully saturated rings. The summed E-state index contributed by atoms with van der Waals surface area (Å²) in [4.78, 5) is 0. The molecule has 1 unspecified atom stereocenters. The van der Waals surface area contributed by atoms with Crippen LogP contribution in [-0.2, 0) is 6.42 Å². The fraction of sp³-hybridized carbons (Fsp3) is 0.273. The Morgan fingerprint density at radius 2 is 2.25 bits per heavy atom. The molecule has 0 bridgehead atoms. The quantitative estimate of drug-likeness (QED) is 0.807. The highest BCUT2D eigenvalue weighted by Gasteiger charge is 2.13. The molecular weight excluding hydrogens is 206 g/mol. The SMILES string of the molecule is COc1ccccc1CC(O)c1cn[nH]n1. The summed E-state index contributed by atoms with van der Waals surface area (Å²) in [6.07, 6.45) is 1.30. The van der Waals surface area contributed by atoms with Gasteiger partial charge in [-0.05, 0) is 11.6 Å². The summed E-state index contributed by atoms with van der Waals surface area (Å²) in [7, 11) is 1.61. The lowest BCUT2D eigenvalue weighted by atomic mass is 10.1. The van der Waals surface area contributed by atoms with E-state index in [1.54, 1.807) is 7.11 Å². The van der Waals surface area contributed by atoms with Gasteiger partial charge in [-0.3, -0.25) is 0 Å². The number of para-hydroxylation sites is 1. The van der Waals surface area contributed by atoms with E-state index in [4.69, 9.17) is 4.74 Å².